The fourth-order valence-electron chi connectivity index (χ4n) is 1.69. The fraction of sp³-hybridized carbons (Fsp3) is 0.500. The first-order chi connectivity index (χ1) is 7.67. The van der Waals surface area contributed by atoms with Gasteiger partial charge in [-0.2, -0.15) is 9.61 Å². The zero-order valence-electron chi connectivity index (χ0n) is 9.61. The van der Waals surface area contributed by atoms with Crippen LogP contribution in [0.25, 0.3) is 5.65 Å². The van der Waals surface area contributed by atoms with E-state index in [1.807, 2.05) is 13.0 Å². The number of aromatic nitrogens is 4. The van der Waals surface area contributed by atoms with Crippen molar-refractivity contribution in [3.63, 3.8) is 0 Å². The van der Waals surface area contributed by atoms with Crippen molar-refractivity contribution >= 4 is 22.9 Å². The van der Waals surface area contributed by atoms with Crippen molar-refractivity contribution in [3.8, 4) is 0 Å². The molecule has 0 saturated heterocycles. The third kappa shape index (κ3) is 1.71. The van der Waals surface area contributed by atoms with Gasteiger partial charge in [0.1, 0.15) is 0 Å². The van der Waals surface area contributed by atoms with Gasteiger partial charge in [0.05, 0.1) is 5.69 Å². The zero-order valence-corrected chi connectivity index (χ0v) is 10.4. The van der Waals surface area contributed by atoms with Gasteiger partial charge in [-0.1, -0.05) is 11.6 Å². The fourth-order valence-corrected chi connectivity index (χ4v) is 1.94. The molecule has 0 spiro atoms. The lowest BCUT2D eigenvalue weighted by atomic mass is 10.4. The van der Waals surface area contributed by atoms with Gasteiger partial charge in [0.2, 0.25) is 0 Å². The largest absolute Gasteiger partial charge is 0.369 e. The minimum absolute atomic E-state index is 0.485. The van der Waals surface area contributed by atoms with Gasteiger partial charge in [0, 0.05) is 19.2 Å². The van der Waals surface area contributed by atoms with Crippen LogP contribution in [0.15, 0.2) is 6.07 Å². The Morgan fingerprint density at radius 1 is 1.31 bits per heavy atom. The first-order valence-corrected chi connectivity index (χ1v) is 5.68. The summed E-state index contributed by atoms with van der Waals surface area (Å²) in [6, 6.07) is 1.92. The van der Waals surface area contributed by atoms with E-state index in [-0.39, 0.29) is 0 Å². The molecular weight excluding hydrogens is 226 g/mol. The Kier molecular flexibility index (Phi) is 2.96. The lowest BCUT2D eigenvalue weighted by Crippen LogP contribution is -2.22. The highest BCUT2D eigenvalue weighted by atomic mass is 35.5. The van der Waals surface area contributed by atoms with E-state index < -0.39 is 0 Å². The van der Waals surface area contributed by atoms with E-state index in [4.69, 9.17) is 11.6 Å². The number of hydrogen-bond acceptors (Lipinski definition) is 4. The highest BCUT2D eigenvalue weighted by Gasteiger charge is 2.12. The van der Waals surface area contributed by atoms with Crippen molar-refractivity contribution in [2.24, 2.45) is 0 Å². The highest BCUT2D eigenvalue weighted by Crippen LogP contribution is 2.24. The lowest BCUT2D eigenvalue weighted by Gasteiger charge is -2.21. The molecule has 0 amide bonds. The van der Waals surface area contributed by atoms with Crippen LogP contribution in [-0.4, -0.2) is 32.9 Å². The summed E-state index contributed by atoms with van der Waals surface area (Å²) in [5.74, 6) is 0.739. The summed E-state index contributed by atoms with van der Waals surface area (Å²) in [6.45, 7) is 7.79. The molecule has 0 atom stereocenters. The third-order valence-corrected chi connectivity index (χ3v) is 2.86. The standard InChI is InChI=1S/C10H14ClN5/c1-4-15(5-2)8-6-9-13-12-7(3)16(9)14-10(8)11/h6H,4-5H2,1-3H3. The van der Waals surface area contributed by atoms with E-state index in [1.54, 1.807) is 4.52 Å². The monoisotopic (exact) mass is 239 g/mol. The second kappa shape index (κ2) is 4.25. The summed E-state index contributed by atoms with van der Waals surface area (Å²) in [5, 5.41) is 12.8. The first-order valence-electron chi connectivity index (χ1n) is 5.30. The van der Waals surface area contributed by atoms with Gasteiger partial charge >= 0.3 is 0 Å². The number of rotatable bonds is 3. The maximum atomic E-state index is 6.16. The summed E-state index contributed by atoms with van der Waals surface area (Å²) in [5.41, 5.74) is 1.63. The van der Waals surface area contributed by atoms with Gasteiger partial charge in [0.15, 0.2) is 16.6 Å². The quantitative estimate of drug-likeness (QED) is 0.821. The molecule has 0 aliphatic carbocycles. The molecular formula is C10H14ClN5. The Morgan fingerprint density at radius 2 is 2.00 bits per heavy atom. The Hall–Kier alpha value is -1.36. The van der Waals surface area contributed by atoms with Crippen LogP contribution in [0.1, 0.15) is 19.7 Å². The van der Waals surface area contributed by atoms with Gasteiger partial charge in [-0.25, -0.2) is 0 Å². The maximum absolute atomic E-state index is 6.16. The number of aryl methyl sites for hydroxylation is 1. The Morgan fingerprint density at radius 3 is 2.62 bits per heavy atom. The van der Waals surface area contributed by atoms with Crippen molar-refractivity contribution in [3.05, 3.63) is 17.0 Å². The average molecular weight is 240 g/mol. The van der Waals surface area contributed by atoms with Crippen LogP contribution in [0.3, 0.4) is 0 Å². The molecule has 0 N–H and O–H groups in total. The summed E-state index contributed by atoms with van der Waals surface area (Å²) >= 11 is 6.16. The number of halogens is 1. The molecule has 0 unspecified atom stereocenters. The molecule has 2 aromatic rings. The van der Waals surface area contributed by atoms with Crippen LogP contribution in [-0.2, 0) is 0 Å². The van der Waals surface area contributed by atoms with E-state index in [1.165, 1.54) is 0 Å². The van der Waals surface area contributed by atoms with Crippen molar-refractivity contribution in [1.29, 1.82) is 0 Å². The molecule has 0 bridgehead atoms. The van der Waals surface area contributed by atoms with E-state index in [0.717, 1.165) is 30.2 Å². The van der Waals surface area contributed by atoms with Crippen molar-refractivity contribution < 1.29 is 0 Å². The van der Waals surface area contributed by atoms with E-state index in [9.17, 15) is 0 Å². The lowest BCUT2D eigenvalue weighted by molar-refractivity contribution is 0.834. The SMILES string of the molecule is CCN(CC)c1cc2nnc(C)n2nc1Cl. The van der Waals surface area contributed by atoms with Crippen molar-refractivity contribution in [2.45, 2.75) is 20.8 Å². The van der Waals surface area contributed by atoms with Gasteiger partial charge in [0.25, 0.3) is 0 Å². The molecule has 6 heteroatoms. The molecule has 86 valence electrons. The summed E-state index contributed by atoms with van der Waals surface area (Å²) in [4.78, 5) is 2.14. The van der Waals surface area contributed by atoms with Crippen LogP contribution in [0.2, 0.25) is 5.15 Å². The van der Waals surface area contributed by atoms with Crippen LogP contribution >= 0.6 is 11.6 Å². The molecule has 0 aliphatic rings. The summed E-state index contributed by atoms with van der Waals surface area (Å²) < 4.78 is 1.65. The second-order valence-corrected chi connectivity index (χ2v) is 3.87. The van der Waals surface area contributed by atoms with E-state index in [2.05, 4.69) is 34.0 Å². The third-order valence-electron chi connectivity index (χ3n) is 2.59. The second-order valence-electron chi connectivity index (χ2n) is 3.51. The maximum Gasteiger partial charge on any atom is 0.180 e. The van der Waals surface area contributed by atoms with Gasteiger partial charge in [-0.15, -0.1) is 10.2 Å². The molecule has 0 aromatic carbocycles. The van der Waals surface area contributed by atoms with Gasteiger partial charge in [-0.3, -0.25) is 0 Å². The van der Waals surface area contributed by atoms with Crippen molar-refractivity contribution in [2.75, 3.05) is 18.0 Å². The topological polar surface area (TPSA) is 46.3 Å². The molecule has 0 fully saturated rings. The predicted molar refractivity (Wildman–Crippen MR) is 64.1 cm³/mol. The number of hydrogen-bond donors (Lipinski definition) is 0. The molecule has 0 aliphatic heterocycles. The highest BCUT2D eigenvalue weighted by molar-refractivity contribution is 6.32. The molecule has 2 heterocycles. The Labute approximate surface area is 99.0 Å². The molecule has 0 radical (unpaired) electrons. The molecule has 0 saturated carbocycles. The molecule has 2 rings (SSSR count). The predicted octanol–water partition coefficient (Wildman–Crippen LogP) is 1.93. The summed E-state index contributed by atoms with van der Waals surface area (Å²) in [7, 11) is 0. The minimum Gasteiger partial charge on any atom is -0.369 e. The minimum atomic E-state index is 0.485. The van der Waals surface area contributed by atoms with Crippen LogP contribution in [0.4, 0.5) is 5.69 Å². The average Bonchev–Trinajstić information content (AvgIpc) is 2.62. The van der Waals surface area contributed by atoms with Gasteiger partial charge < -0.3 is 4.90 Å². The number of nitrogens with zero attached hydrogens (tertiary/aromatic N) is 5. The van der Waals surface area contributed by atoms with E-state index in [0.29, 0.717) is 5.15 Å². The smallest absolute Gasteiger partial charge is 0.180 e. The molecule has 16 heavy (non-hydrogen) atoms. The number of fused-ring (bicyclic) bond motifs is 1. The van der Waals surface area contributed by atoms with Crippen molar-refractivity contribution in [1.82, 2.24) is 19.8 Å². The van der Waals surface area contributed by atoms with Crippen LogP contribution in [0.5, 0.6) is 0 Å². The first kappa shape index (κ1) is 11.1. The zero-order chi connectivity index (χ0) is 11.7. The Balaban J connectivity index is 2.58. The van der Waals surface area contributed by atoms with Crippen LogP contribution in [0, 0.1) is 6.92 Å². The Bertz CT molecular complexity index is 503. The molecule has 5 nitrogen and oxygen atoms in total. The molecule has 2 aromatic heterocycles. The number of anilines is 1. The van der Waals surface area contributed by atoms with Gasteiger partial charge in [-0.05, 0) is 20.8 Å². The van der Waals surface area contributed by atoms with Crippen LogP contribution < -0.4 is 4.90 Å². The summed E-state index contributed by atoms with van der Waals surface area (Å²) in [6.07, 6.45) is 0. The normalized spacial score (nSPS) is 11.0. The van der Waals surface area contributed by atoms with E-state index >= 15 is 0 Å².